The Hall–Kier alpha value is -2.64. The summed E-state index contributed by atoms with van der Waals surface area (Å²) in [7, 11) is 2.16. The van der Waals surface area contributed by atoms with Crippen LogP contribution in [0, 0.1) is 5.92 Å². The van der Waals surface area contributed by atoms with Crippen LogP contribution in [-0.4, -0.2) is 66.0 Å². The molecule has 1 fully saturated rings. The summed E-state index contributed by atoms with van der Waals surface area (Å²) in [5.74, 6) is 1.53. The number of hydrogen-bond donors (Lipinski definition) is 2. The fraction of sp³-hybridized carbons (Fsp3) is 0.581. The molecule has 0 amide bonds. The first-order valence-corrected chi connectivity index (χ1v) is 15.6. The van der Waals surface area contributed by atoms with Crippen molar-refractivity contribution in [3.8, 4) is 0 Å². The van der Waals surface area contributed by atoms with Crippen molar-refractivity contribution < 1.29 is 0 Å². The van der Waals surface area contributed by atoms with E-state index in [0.717, 1.165) is 73.1 Å². The number of anilines is 2. The summed E-state index contributed by atoms with van der Waals surface area (Å²) in [5, 5.41) is 7.34. The van der Waals surface area contributed by atoms with Crippen LogP contribution in [0.25, 0.3) is 17.0 Å². The van der Waals surface area contributed by atoms with E-state index in [4.69, 9.17) is 4.99 Å². The van der Waals surface area contributed by atoms with Crippen molar-refractivity contribution in [1.29, 1.82) is 0 Å². The quantitative estimate of drug-likeness (QED) is 0.356. The number of hydrogen-bond acceptors (Lipinski definition) is 7. The minimum atomic E-state index is -0.182. The molecule has 1 atom stereocenters. The van der Waals surface area contributed by atoms with Crippen molar-refractivity contribution in [3.05, 3.63) is 44.2 Å². The first-order valence-electron chi connectivity index (χ1n) is 14.8. The van der Waals surface area contributed by atoms with Gasteiger partial charge in [-0.15, -0.1) is 17.1 Å². The summed E-state index contributed by atoms with van der Waals surface area (Å²) in [6.45, 7) is 14.8. The standard InChI is InChI=1S/C29H40N6OS.C2H6/c1-5-15-34(16-9-10-20(2)3)29-30-19-22-26(36)25(31-21-13-17-33(4)18-14-21)28-35(27(22)32-29)23-11-7-6-8-12-24(23)37-28;1-2/h6,8,11-12,19-21,29,31-32H,5,9-10,13-18H2,1-4H3;1-2H3. The maximum absolute atomic E-state index is 13.9. The molecule has 1 unspecified atom stereocenters. The van der Waals surface area contributed by atoms with Crippen molar-refractivity contribution in [1.82, 2.24) is 14.2 Å². The van der Waals surface area contributed by atoms with Gasteiger partial charge in [-0.25, -0.2) is 0 Å². The van der Waals surface area contributed by atoms with Gasteiger partial charge in [-0.2, -0.15) is 0 Å². The van der Waals surface area contributed by atoms with Crippen LogP contribution in [0.5, 0.6) is 0 Å². The number of pyridine rings is 1. The maximum Gasteiger partial charge on any atom is 0.217 e. The van der Waals surface area contributed by atoms with E-state index in [9.17, 15) is 4.79 Å². The average Bonchev–Trinajstić information content (AvgIpc) is 3.14. The van der Waals surface area contributed by atoms with Gasteiger partial charge in [0, 0.05) is 31.4 Å². The number of nitrogens with one attached hydrogen (secondary N) is 2. The molecule has 5 rings (SSSR count). The summed E-state index contributed by atoms with van der Waals surface area (Å²) < 4.78 is 2.22. The molecule has 0 saturated carbocycles. The van der Waals surface area contributed by atoms with E-state index in [0.29, 0.717) is 23.2 Å². The minimum absolute atomic E-state index is 0.0328. The summed E-state index contributed by atoms with van der Waals surface area (Å²) in [6.07, 6.45) is 15.2. The van der Waals surface area contributed by atoms with Crippen LogP contribution >= 0.6 is 11.3 Å². The van der Waals surface area contributed by atoms with Crippen LogP contribution in [0.4, 0.5) is 11.5 Å². The number of thiazole rings is 1. The summed E-state index contributed by atoms with van der Waals surface area (Å²) in [5.41, 5.74) is 5.69. The van der Waals surface area contributed by atoms with Gasteiger partial charge in [0.1, 0.15) is 16.3 Å². The molecule has 212 valence electrons. The van der Waals surface area contributed by atoms with Crippen molar-refractivity contribution in [2.75, 3.05) is 43.9 Å². The minimum Gasteiger partial charge on any atom is -0.377 e. The maximum atomic E-state index is 13.9. The van der Waals surface area contributed by atoms with Crippen LogP contribution in [0.1, 0.15) is 82.9 Å². The number of aliphatic imine (C=N–C) groups is 1. The van der Waals surface area contributed by atoms with Gasteiger partial charge in [0.15, 0.2) is 6.29 Å². The largest absolute Gasteiger partial charge is 0.377 e. The van der Waals surface area contributed by atoms with Crippen molar-refractivity contribution >= 4 is 46.0 Å². The predicted octanol–water partition coefficient (Wildman–Crippen LogP) is 6.36. The Morgan fingerprint density at radius 3 is 2.74 bits per heavy atom. The smallest absolute Gasteiger partial charge is 0.217 e. The van der Waals surface area contributed by atoms with Gasteiger partial charge in [-0.05, 0) is 70.3 Å². The highest BCUT2D eigenvalue weighted by Gasteiger charge is 2.29. The van der Waals surface area contributed by atoms with Crippen molar-refractivity contribution in [3.63, 3.8) is 0 Å². The molecule has 39 heavy (non-hydrogen) atoms. The van der Waals surface area contributed by atoms with Gasteiger partial charge in [0.2, 0.25) is 5.43 Å². The van der Waals surface area contributed by atoms with E-state index in [-0.39, 0.29) is 11.7 Å². The zero-order valence-corrected chi connectivity index (χ0v) is 25.4. The van der Waals surface area contributed by atoms with E-state index in [2.05, 4.69) is 64.5 Å². The molecule has 8 heteroatoms. The topological polar surface area (TPSA) is 64.4 Å². The molecule has 0 bridgehead atoms. The lowest BCUT2D eigenvalue weighted by molar-refractivity contribution is 0.212. The number of nitrogens with zero attached hydrogens (tertiary/aromatic N) is 4. The fourth-order valence-electron chi connectivity index (χ4n) is 5.42. The highest BCUT2D eigenvalue weighted by molar-refractivity contribution is 7.19. The normalized spacial score (nSPS) is 18.6. The number of allylic oxidation sites excluding steroid dienone is 2. The summed E-state index contributed by atoms with van der Waals surface area (Å²) >= 11 is 1.67. The summed E-state index contributed by atoms with van der Waals surface area (Å²) in [6, 6.07) is 0.292. The van der Waals surface area contributed by atoms with E-state index in [1.807, 2.05) is 38.3 Å². The third-order valence-electron chi connectivity index (χ3n) is 7.49. The lowest BCUT2D eigenvalue weighted by Gasteiger charge is -2.33. The lowest BCUT2D eigenvalue weighted by Crippen LogP contribution is -2.44. The van der Waals surface area contributed by atoms with Crippen LogP contribution in [0.15, 0.2) is 27.7 Å². The van der Waals surface area contributed by atoms with Crippen LogP contribution in [0.3, 0.4) is 0 Å². The Morgan fingerprint density at radius 2 is 2.03 bits per heavy atom. The molecule has 2 N–H and O–H groups in total. The Bertz CT molecular complexity index is 1300. The van der Waals surface area contributed by atoms with E-state index in [1.165, 1.54) is 6.42 Å². The molecular weight excluding hydrogens is 504 g/mol. The number of likely N-dealkylation sites (tertiary alicyclic amines) is 1. The zero-order chi connectivity index (χ0) is 27.9. The highest BCUT2D eigenvalue weighted by Crippen LogP contribution is 2.36. The van der Waals surface area contributed by atoms with Gasteiger partial charge in [-0.3, -0.25) is 19.1 Å². The molecule has 2 aliphatic heterocycles. The van der Waals surface area contributed by atoms with Crippen LogP contribution in [-0.2, 0) is 0 Å². The zero-order valence-electron chi connectivity index (χ0n) is 24.6. The number of aromatic nitrogens is 1. The molecule has 2 aromatic heterocycles. The Labute approximate surface area is 238 Å². The predicted molar refractivity (Wildman–Crippen MR) is 170 cm³/mol. The van der Waals surface area contributed by atoms with E-state index in [1.54, 1.807) is 11.3 Å². The molecule has 0 spiro atoms. The Kier molecular flexibility index (Phi) is 10.2. The van der Waals surface area contributed by atoms with Gasteiger partial charge in [0.05, 0.1) is 16.1 Å². The highest BCUT2D eigenvalue weighted by atomic mass is 32.1. The second-order valence-electron chi connectivity index (χ2n) is 10.9. The molecule has 7 nitrogen and oxygen atoms in total. The number of piperidine rings is 1. The molecule has 1 aliphatic carbocycles. The van der Waals surface area contributed by atoms with Gasteiger partial charge in [0.25, 0.3) is 0 Å². The number of fused-ring (bicyclic) bond motifs is 5. The van der Waals surface area contributed by atoms with Crippen LogP contribution < -0.4 is 16.1 Å². The third kappa shape index (κ3) is 6.58. The van der Waals surface area contributed by atoms with Crippen LogP contribution in [0.2, 0.25) is 0 Å². The first-order chi connectivity index (χ1) is 19.0. The average molecular weight is 551 g/mol. The lowest BCUT2D eigenvalue weighted by atomic mass is 10.0. The first kappa shape index (κ1) is 29.3. The Morgan fingerprint density at radius 1 is 1.26 bits per heavy atom. The molecule has 2 aromatic rings. The molecule has 0 radical (unpaired) electrons. The molecular formula is C31H46N6OS. The SMILES string of the molecule is CC.CCCN(CCCC(C)C)C1N=Cc2c(n3c4c(sc3c(NC3CCN(C)CC3)c2=O)C=CC=C=C4)N1. The Balaban J connectivity index is 0.00000172. The molecule has 3 aliphatic rings. The van der Waals surface area contributed by atoms with Gasteiger partial charge in [-0.1, -0.05) is 40.7 Å². The fourth-order valence-corrected chi connectivity index (χ4v) is 6.57. The van der Waals surface area contributed by atoms with E-state index >= 15 is 0 Å². The second kappa shape index (κ2) is 13.6. The number of rotatable bonds is 9. The molecule has 0 aromatic carbocycles. The molecule has 1 saturated heterocycles. The van der Waals surface area contributed by atoms with Crippen molar-refractivity contribution in [2.24, 2.45) is 10.9 Å². The third-order valence-corrected chi connectivity index (χ3v) is 8.63. The van der Waals surface area contributed by atoms with E-state index < -0.39 is 0 Å². The van der Waals surface area contributed by atoms with Gasteiger partial charge >= 0.3 is 0 Å². The summed E-state index contributed by atoms with van der Waals surface area (Å²) in [4.78, 5) is 25.6. The van der Waals surface area contributed by atoms with Gasteiger partial charge < -0.3 is 15.5 Å². The monoisotopic (exact) mass is 550 g/mol. The van der Waals surface area contributed by atoms with Crippen molar-refractivity contribution in [2.45, 2.75) is 79.1 Å². The molecule has 4 heterocycles. The second-order valence-corrected chi connectivity index (χ2v) is 11.9.